The summed E-state index contributed by atoms with van der Waals surface area (Å²) in [4.78, 5) is 0. The van der Waals surface area contributed by atoms with Crippen LogP contribution in [0, 0.1) is 5.92 Å². The summed E-state index contributed by atoms with van der Waals surface area (Å²) in [6.45, 7) is 5.18. The Balaban J connectivity index is 2.21. The van der Waals surface area contributed by atoms with Crippen LogP contribution in [0.1, 0.15) is 20.3 Å². The first-order valence-electron chi connectivity index (χ1n) is 6.58. The molecule has 0 bridgehead atoms. The van der Waals surface area contributed by atoms with Crippen molar-refractivity contribution in [1.29, 1.82) is 0 Å². The Bertz CT molecular complexity index is 476. The van der Waals surface area contributed by atoms with Crippen molar-refractivity contribution in [3.8, 4) is 16.9 Å². The van der Waals surface area contributed by atoms with Crippen molar-refractivity contribution < 1.29 is 4.74 Å². The van der Waals surface area contributed by atoms with Crippen LogP contribution in [0.2, 0.25) is 0 Å². The second-order valence-corrected chi connectivity index (χ2v) is 4.69. The highest BCUT2D eigenvalue weighted by Crippen LogP contribution is 2.29. The zero-order valence-electron chi connectivity index (χ0n) is 11.1. The minimum Gasteiger partial charge on any atom is -0.493 e. The molecule has 18 heavy (non-hydrogen) atoms. The van der Waals surface area contributed by atoms with Crippen LogP contribution in [0.15, 0.2) is 54.6 Å². The molecule has 0 radical (unpaired) electrons. The number of hydrogen-bond donors (Lipinski definition) is 0. The second-order valence-electron chi connectivity index (χ2n) is 4.69. The monoisotopic (exact) mass is 240 g/mol. The SMILES string of the molecule is CCC(C)COc1ccccc1-c1ccccc1. The number of ether oxygens (including phenoxy) is 1. The van der Waals surface area contributed by atoms with Crippen LogP contribution in [0.5, 0.6) is 5.75 Å². The summed E-state index contributed by atoms with van der Waals surface area (Å²) in [5.41, 5.74) is 2.37. The molecule has 0 aromatic heterocycles. The van der Waals surface area contributed by atoms with E-state index in [1.54, 1.807) is 0 Å². The predicted octanol–water partition coefficient (Wildman–Crippen LogP) is 4.78. The first-order valence-corrected chi connectivity index (χ1v) is 6.58. The van der Waals surface area contributed by atoms with Gasteiger partial charge in [-0.1, -0.05) is 68.8 Å². The molecule has 2 rings (SSSR count). The lowest BCUT2D eigenvalue weighted by atomic mass is 10.0. The highest BCUT2D eigenvalue weighted by molar-refractivity contribution is 5.70. The van der Waals surface area contributed by atoms with Gasteiger partial charge in [-0.05, 0) is 17.5 Å². The quantitative estimate of drug-likeness (QED) is 0.731. The van der Waals surface area contributed by atoms with Gasteiger partial charge in [0.25, 0.3) is 0 Å². The molecule has 0 aliphatic heterocycles. The standard InChI is InChI=1S/C17H20O/c1-3-14(2)13-18-17-12-8-7-11-16(17)15-9-5-4-6-10-15/h4-12,14H,3,13H2,1-2H3. The summed E-state index contributed by atoms with van der Waals surface area (Å²) in [7, 11) is 0. The van der Waals surface area contributed by atoms with Gasteiger partial charge in [0.05, 0.1) is 6.61 Å². The normalized spacial score (nSPS) is 12.1. The fraction of sp³-hybridized carbons (Fsp3) is 0.294. The van der Waals surface area contributed by atoms with Gasteiger partial charge in [-0.25, -0.2) is 0 Å². The van der Waals surface area contributed by atoms with E-state index in [-0.39, 0.29) is 0 Å². The van der Waals surface area contributed by atoms with Crippen LogP contribution in [-0.4, -0.2) is 6.61 Å². The lowest BCUT2D eigenvalue weighted by Crippen LogP contribution is -2.07. The highest BCUT2D eigenvalue weighted by Gasteiger charge is 2.06. The number of para-hydroxylation sites is 1. The molecule has 1 unspecified atom stereocenters. The van der Waals surface area contributed by atoms with Gasteiger partial charge >= 0.3 is 0 Å². The zero-order valence-corrected chi connectivity index (χ0v) is 11.1. The third-order valence-electron chi connectivity index (χ3n) is 3.19. The van der Waals surface area contributed by atoms with Crippen LogP contribution >= 0.6 is 0 Å². The largest absolute Gasteiger partial charge is 0.493 e. The molecule has 0 N–H and O–H groups in total. The molecule has 1 nitrogen and oxygen atoms in total. The van der Waals surface area contributed by atoms with Crippen molar-refractivity contribution in [2.45, 2.75) is 20.3 Å². The van der Waals surface area contributed by atoms with Crippen LogP contribution < -0.4 is 4.74 Å². The molecule has 0 amide bonds. The predicted molar refractivity (Wildman–Crippen MR) is 76.8 cm³/mol. The highest BCUT2D eigenvalue weighted by atomic mass is 16.5. The van der Waals surface area contributed by atoms with E-state index in [9.17, 15) is 0 Å². The Morgan fingerprint density at radius 1 is 0.944 bits per heavy atom. The van der Waals surface area contributed by atoms with Gasteiger partial charge in [0.15, 0.2) is 0 Å². The first-order chi connectivity index (χ1) is 8.81. The number of hydrogen-bond acceptors (Lipinski definition) is 1. The Morgan fingerprint density at radius 2 is 1.61 bits per heavy atom. The van der Waals surface area contributed by atoms with Crippen molar-refractivity contribution in [3.63, 3.8) is 0 Å². The van der Waals surface area contributed by atoms with Crippen molar-refractivity contribution in [1.82, 2.24) is 0 Å². The van der Waals surface area contributed by atoms with Crippen molar-refractivity contribution >= 4 is 0 Å². The molecular formula is C17H20O. The molecule has 1 atom stereocenters. The van der Waals surface area contributed by atoms with Crippen molar-refractivity contribution in [2.75, 3.05) is 6.61 Å². The van der Waals surface area contributed by atoms with Gasteiger partial charge in [-0.3, -0.25) is 0 Å². The van der Waals surface area contributed by atoms with Crippen molar-refractivity contribution in [2.24, 2.45) is 5.92 Å². The summed E-state index contributed by atoms with van der Waals surface area (Å²) in [5.74, 6) is 1.57. The van der Waals surface area contributed by atoms with E-state index in [0.29, 0.717) is 5.92 Å². The molecule has 0 heterocycles. The Labute approximate surface area is 109 Å². The second kappa shape index (κ2) is 6.25. The van der Waals surface area contributed by atoms with Gasteiger partial charge in [0, 0.05) is 5.56 Å². The van der Waals surface area contributed by atoms with Gasteiger partial charge in [0.1, 0.15) is 5.75 Å². The number of rotatable bonds is 5. The van der Waals surface area contributed by atoms with E-state index in [2.05, 4.69) is 50.2 Å². The molecule has 94 valence electrons. The van der Waals surface area contributed by atoms with Gasteiger partial charge in [-0.15, -0.1) is 0 Å². The average Bonchev–Trinajstić information content (AvgIpc) is 2.46. The van der Waals surface area contributed by atoms with Crippen LogP contribution in [0.25, 0.3) is 11.1 Å². The summed E-state index contributed by atoms with van der Waals surface area (Å²) in [6, 6.07) is 18.6. The maximum Gasteiger partial charge on any atom is 0.127 e. The molecule has 0 aliphatic carbocycles. The Hall–Kier alpha value is -1.76. The molecule has 0 aliphatic rings. The van der Waals surface area contributed by atoms with E-state index < -0.39 is 0 Å². The van der Waals surface area contributed by atoms with Gasteiger partial charge < -0.3 is 4.74 Å². The van der Waals surface area contributed by atoms with Gasteiger partial charge in [0.2, 0.25) is 0 Å². The summed E-state index contributed by atoms with van der Waals surface area (Å²) in [6.07, 6.45) is 1.15. The molecule has 0 saturated carbocycles. The van der Waals surface area contributed by atoms with Crippen LogP contribution in [0.4, 0.5) is 0 Å². The third kappa shape index (κ3) is 3.13. The van der Waals surface area contributed by atoms with E-state index in [0.717, 1.165) is 18.8 Å². The fourth-order valence-corrected chi connectivity index (χ4v) is 1.80. The lowest BCUT2D eigenvalue weighted by Gasteiger charge is -2.14. The topological polar surface area (TPSA) is 9.23 Å². The van der Waals surface area contributed by atoms with Crippen molar-refractivity contribution in [3.05, 3.63) is 54.6 Å². The molecule has 0 saturated heterocycles. The van der Waals surface area contributed by atoms with E-state index in [1.807, 2.05) is 18.2 Å². The minimum absolute atomic E-state index is 0.592. The molecule has 0 spiro atoms. The Morgan fingerprint density at radius 3 is 2.33 bits per heavy atom. The van der Waals surface area contributed by atoms with Crippen LogP contribution in [0.3, 0.4) is 0 Å². The lowest BCUT2D eigenvalue weighted by molar-refractivity contribution is 0.257. The molecule has 0 fully saturated rings. The average molecular weight is 240 g/mol. The Kier molecular flexibility index (Phi) is 4.40. The molecule has 1 heteroatoms. The van der Waals surface area contributed by atoms with Gasteiger partial charge in [-0.2, -0.15) is 0 Å². The minimum atomic E-state index is 0.592. The fourth-order valence-electron chi connectivity index (χ4n) is 1.80. The summed E-state index contributed by atoms with van der Waals surface area (Å²) >= 11 is 0. The van der Waals surface area contributed by atoms with E-state index in [1.165, 1.54) is 11.1 Å². The zero-order chi connectivity index (χ0) is 12.8. The smallest absolute Gasteiger partial charge is 0.127 e. The molecular weight excluding hydrogens is 220 g/mol. The van der Waals surface area contributed by atoms with E-state index >= 15 is 0 Å². The third-order valence-corrected chi connectivity index (χ3v) is 3.19. The number of benzene rings is 2. The summed E-state index contributed by atoms with van der Waals surface area (Å²) in [5, 5.41) is 0. The van der Waals surface area contributed by atoms with E-state index in [4.69, 9.17) is 4.74 Å². The maximum atomic E-state index is 5.94. The summed E-state index contributed by atoms with van der Waals surface area (Å²) < 4.78 is 5.94. The maximum absolute atomic E-state index is 5.94. The molecule has 2 aromatic rings. The first kappa shape index (κ1) is 12.7. The molecule has 2 aromatic carbocycles. The van der Waals surface area contributed by atoms with Crippen LogP contribution in [-0.2, 0) is 0 Å².